The van der Waals surface area contributed by atoms with Gasteiger partial charge in [0.25, 0.3) is 0 Å². The number of alkyl halides is 3. The number of fused-ring (bicyclic) bond motifs is 3. The molecule has 28 heavy (non-hydrogen) atoms. The van der Waals surface area contributed by atoms with Crippen LogP contribution in [0.25, 0.3) is 0 Å². The van der Waals surface area contributed by atoms with Crippen LogP contribution in [0.3, 0.4) is 0 Å². The summed E-state index contributed by atoms with van der Waals surface area (Å²) in [5.41, 5.74) is -0.463. The zero-order chi connectivity index (χ0) is 20.3. The van der Waals surface area contributed by atoms with Gasteiger partial charge in [0.1, 0.15) is 16.9 Å². The molecule has 4 nitrogen and oxygen atoms in total. The van der Waals surface area contributed by atoms with E-state index in [1.807, 2.05) is 13.0 Å². The second-order valence-corrected chi connectivity index (χ2v) is 7.68. The molecular weight excluding hydrogens is 397 g/mol. The lowest BCUT2D eigenvalue weighted by Crippen LogP contribution is -2.29. The lowest BCUT2D eigenvalue weighted by atomic mass is 9.92. The van der Waals surface area contributed by atoms with Crippen LogP contribution in [-0.4, -0.2) is 24.8 Å². The summed E-state index contributed by atoms with van der Waals surface area (Å²) in [7, 11) is 0. The van der Waals surface area contributed by atoms with Gasteiger partial charge in [-0.1, -0.05) is 17.7 Å². The molecule has 4 atom stereocenters. The standard InChI is InChI=1S/C20H18ClF3O4/c1-3-26-18(25)19(2)16-12-6-5-11(9-15(12)28-17(16)19)27-14-7-4-10(8-13(14)21)20(22,23)24/h4-8,15-17H,3,9H2,1-2H3/t15?,16-,17+,19-/m0/s1. The van der Waals surface area contributed by atoms with Gasteiger partial charge in [-0.05, 0) is 43.7 Å². The summed E-state index contributed by atoms with van der Waals surface area (Å²) in [6.07, 6.45) is -0.869. The zero-order valence-corrected chi connectivity index (χ0v) is 15.9. The minimum atomic E-state index is -4.46. The van der Waals surface area contributed by atoms with E-state index in [0.717, 1.165) is 17.7 Å². The van der Waals surface area contributed by atoms with Gasteiger partial charge in [0.15, 0.2) is 0 Å². The Balaban J connectivity index is 1.48. The molecule has 1 unspecified atom stereocenters. The third-order valence-electron chi connectivity index (χ3n) is 5.54. The van der Waals surface area contributed by atoms with Crippen molar-refractivity contribution in [2.75, 3.05) is 6.61 Å². The molecule has 3 aliphatic rings. The van der Waals surface area contributed by atoms with Crippen LogP contribution in [0.1, 0.15) is 25.8 Å². The largest absolute Gasteiger partial charge is 0.465 e. The lowest BCUT2D eigenvalue weighted by molar-refractivity contribution is -0.152. The first-order valence-electron chi connectivity index (χ1n) is 8.94. The van der Waals surface area contributed by atoms with Crippen LogP contribution in [-0.2, 0) is 20.4 Å². The molecule has 1 aromatic rings. The molecule has 1 heterocycles. The monoisotopic (exact) mass is 414 g/mol. The molecule has 1 aromatic carbocycles. The number of hydrogen-bond donors (Lipinski definition) is 0. The van der Waals surface area contributed by atoms with E-state index in [1.165, 1.54) is 6.07 Å². The van der Waals surface area contributed by atoms with E-state index in [0.29, 0.717) is 18.8 Å². The highest BCUT2D eigenvalue weighted by atomic mass is 35.5. The smallest absolute Gasteiger partial charge is 0.416 e. The number of allylic oxidation sites excluding steroid dienone is 2. The van der Waals surface area contributed by atoms with Gasteiger partial charge in [-0.3, -0.25) is 4.79 Å². The first-order chi connectivity index (χ1) is 13.2. The Morgan fingerprint density at radius 3 is 2.75 bits per heavy atom. The van der Waals surface area contributed by atoms with Crippen LogP contribution in [0.2, 0.25) is 5.02 Å². The van der Waals surface area contributed by atoms with Crippen LogP contribution < -0.4 is 4.74 Å². The van der Waals surface area contributed by atoms with E-state index in [4.69, 9.17) is 25.8 Å². The lowest BCUT2D eigenvalue weighted by Gasteiger charge is -2.25. The third kappa shape index (κ3) is 3.01. The minimum Gasteiger partial charge on any atom is -0.465 e. The summed E-state index contributed by atoms with van der Waals surface area (Å²) in [5.74, 6) is 0.419. The molecule has 0 aromatic heterocycles. The highest BCUT2D eigenvalue weighted by molar-refractivity contribution is 6.32. The molecule has 2 fully saturated rings. The van der Waals surface area contributed by atoms with Crippen molar-refractivity contribution in [3.05, 3.63) is 52.3 Å². The predicted octanol–water partition coefficient (Wildman–Crippen LogP) is 4.92. The second-order valence-electron chi connectivity index (χ2n) is 7.27. The van der Waals surface area contributed by atoms with Gasteiger partial charge in [-0.15, -0.1) is 0 Å². The number of esters is 1. The second kappa shape index (κ2) is 6.52. The van der Waals surface area contributed by atoms with Crippen molar-refractivity contribution in [3.63, 3.8) is 0 Å². The average molecular weight is 415 g/mol. The highest BCUT2D eigenvalue weighted by Crippen LogP contribution is 2.65. The minimum absolute atomic E-state index is 0.0102. The molecule has 0 bridgehead atoms. The van der Waals surface area contributed by atoms with Gasteiger partial charge in [0, 0.05) is 12.3 Å². The van der Waals surface area contributed by atoms with Crippen molar-refractivity contribution in [3.8, 4) is 5.75 Å². The molecule has 150 valence electrons. The Hall–Kier alpha value is -1.99. The fourth-order valence-corrected chi connectivity index (χ4v) is 4.21. The number of benzene rings is 1. The average Bonchev–Trinajstić information content (AvgIpc) is 3.03. The quantitative estimate of drug-likeness (QED) is 0.656. The SMILES string of the molecule is CCOC(=O)[C@]1(C)[C@@H]2OC3CC(Oc4ccc(C(F)(F)F)cc4Cl)=CC=C3[C@@H]21. The Morgan fingerprint density at radius 2 is 2.11 bits per heavy atom. The molecule has 0 radical (unpaired) electrons. The molecule has 0 amide bonds. The van der Waals surface area contributed by atoms with Gasteiger partial charge in [-0.2, -0.15) is 13.2 Å². The number of halogens is 4. The Bertz CT molecular complexity index is 892. The van der Waals surface area contributed by atoms with E-state index in [2.05, 4.69) is 0 Å². The van der Waals surface area contributed by atoms with Gasteiger partial charge in [-0.25, -0.2) is 0 Å². The van der Waals surface area contributed by atoms with E-state index < -0.39 is 17.2 Å². The molecular formula is C20H18ClF3O4. The Kier molecular flexibility index (Phi) is 4.50. The first-order valence-corrected chi connectivity index (χ1v) is 9.32. The zero-order valence-electron chi connectivity index (χ0n) is 15.2. The van der Waals surface area contributed by atoms with Crippen LogP contribution in [0.5, 0.6) is 5.75 Å². The van der Waals surface area contributed by atoms with Crippen LogP contribution in [0, 0.1) is 11.3 Å². The van der Waals surface area contributed by atoms with Crippen molar-refractivity contribution < 1.29 is 32.2 Å². The number of carbonyl (C=O) groups excluding carboxylic acids is 1. The fraction of sp³-hybridized carbons (Fsp3) is 0.450. The molecule has 4 rings (SSSR count). The van der Waals surface area contributed by atoms with Crippen molar-refractivity contribution >= 4 is 17.6 Å². The third-order valence-corrected chi connectivity index (χ3v) is 5.83. The number of hydrogen-bond acceptors (Lipinski definition) is 4. The normalized spacial score (nSPS) is 30.7. The van der Waals surface area contributed by atoms with Crippen LogP contribution in [0.4, 0.5) is 13.2 Å². The van der Waals surface area contributed by atoms with Gasteiger partial charge < -0.3 is 14.2 Å². The number of ether oxygens (including phenoxy) is 3. The maximum atomic E-state index is 12.7. The van der Waals surface area contributed by atoms with E-state index in [1.54, 1.807) is 13.0 Å². The first kappa shape index (κ1) is 19.3. The molecule has 1 aliphatic heterocycles. The Labute approximate surface area is 164 Å². The van der Waals surface area contributed by atoms with E-state index in [-0.39, 0.29) is 34.9 Å². The van der Waals surface area contributed by atoms with Crippen molar-refractivity contribution in [1.29, 1.82) is 0 Å². The maximum Gasteiger partial charge on any atom is 0.416 e. The van der Waals surface area contributed by atoms with Gasteiger partial charge in [0.05, 0.1) is 29.4 Å². The van der Waals surface area contributed by atoms with Gasteiger partial charge in [0.2, 0.25) is 0 Å². The number of rotatable bonds is 4. The topological polar surface area (TPSA) is 44.8 Å². The summed E-state index contributed by atoms with van der Waals surface area (Å²) >= 11 is 5.95. The summed E-state index contributed by atoms with van der Waals surface area (Å²) in [4.78, 5) is 12.2. The van der Waals surface area contributed by atoms with Crippen molar-refractivity contribution in [2.24, 2.45) is 11.3 Å². The molecule has 1 saturated heterocycles. The molecule has 8 heteroatoms. The van der Waals surface area contributed by atoms with Gasteiger partial charge >= 0.3 is 12.1 Å². The summed E-state index contributed by atoms with van der Waals surface area (Å²) in [6, 6.07) is 2.97. The summed E-state index contributed by atoms with van der Waals surface area (Å²) in [5, 5.41) is -0.115. The Morgan fingerprint density at radius 1 is 1.36 bits per heavy atom. The maximum absolute atomic E-state index is 12.7. The van der Waals surface area contributed by atoms with E-state index >= 15 is 0 Å². The van der Waals surface area contributed by atoms with E-state index in [9.17, 15) is 18.0 Å². The summed E-state index contributed by atoms with van der Waals surface area (Å²) in [6.45, 7) is 3.93. The fourth-order valence-electron chi connectivity index (χ4n) is 3.99. The molecule has 1 saturated carbocycles. The van der Waals surface area contributed by atoms with Crippen LogP contribution >= 0.6 is 11.6 Å². The molecule has 2 aliphatic carbocycles. The number of carbonyl (C=O) groups is 1. The molecule has 0 spiro atoms. The molecule has 0 N–H and O–H groups in total. The predicted molar refractivity (Wildman–Crippen MR) is 94.8 cm³/mol. The van der Waals surface area contributed by atoms with Crippen LogP contribution in [0.15, 0.2) is 41.7 Å². The van der Waals surface area contributed by atoms with Crippen molar-refractivity contribution in [1.82, 2.24) is 0 Å². The van der Waals surface area contributed by atoms with Crippen molar-refractivity contribution in [2.45, 2.75) is 38.7 Å². The summed E-state index contributed by atoms with van der Waals surface area (Å²) < 4.78 is 55.1. The highest BCUT2D eigenvalue weighted by Gasteiger charge is 2.74.